The van der Waals surface area contributed by atoms with Crippen molar-refractivity contribution in [1.29, 1.82) is 0 Å². The first-order valence-electron chi connectivity index (χ1n) is 7.67. The van der Waals surface area contributed by atoms with Crippen molar-refractivity contribution in [3.8, 4) is 5.75 Å². The van der Waals surface area contributed by atoms with Gasteiger partial charge in [0.05, 0.1) is 17.0 Å². The van der Waals surface area contributed by atoms with E-state index in [1.807, 2.05) is 17.3 Å². The van der Waals surface area contributed by atoms with Crippen molar-refractivity contribution < 1.29 is 22.6 Å². The summed E-state index contributed by atoms with van der Waals surface area (Å²) in [6.45, 7) is 0. The number of alkyl halides is 3. The Bertz CT molecular complexity index is 685. The fraction of sp³-hybridized carbons (Fsp3) is 0.500. The van der Waals surface area contributed by atoms with Crippen LogP contribution in [-0.4, -0.2) is 25.2 Å². The number of nitrogens with one attached hydrogen (secondary N) is 1. The summed E-state index contributed by atoms with van der Waals surface area (Å²) in [4.78, 5) is 1.98. The lowest BCUT2D eigenvalue weighted by Crippen LogP contribution is -2.75. The number of nitrogens with two attached hydrogens (primary N) is 1. The molecule has 3 fully saturated rings. The molecule has 5 nitrogen and oxygen atoms in total. The maximum absolute atomic E-state index is 12.3. The van der Waals surface area contributed by atoms with E-state index in [1.54, 1.807) is 13.2 Å². The van der Waals surface area contributed by atoms with Crippen LogP contribution in [0.1, 0.15) is 19.3 Å². The number of halogens is 3. The third-order valence-corrected chi connectivity index (χ3v) is 5.31. The quantitative estimate of drug-likeness (QED) is 0.825. The van der Waals surface area contributed by atoms with Gasteiger partial charge < -0.3 is 25.4 Å². The van der Waals surface area contributed by atoms with E-state index in [-0.39, 0.29) is 28.6 Å². The molecular weight excluding hydrogens is 323 g/mol. The molecule has 0 aromatic heterocycles. The molecule has 1 aromatic carbocycles. The van der Waals surface area contributed by atoms with E-state index in [9.17, 15) is 13.2 Å². The molecule has 1 aliphatic heterocycles. The summed E-state index contributed by atoms with van der Waals surface area (Å²) >= 11 is 0. The molecule has 1 atom stereocenters. The Balaban J connectivity index is 1.54. The molecule has 0 spiro atoms. The van der Waals surface area contributed by atoms with Crippen LogP contribution in [-0.2, 0) is 4.74 Å². The molecule has 24 heavy (non-hydrogen) atoms. The second-order valence-corrected chi connectivity index (χ2v) is 6.84. The topological polar surface area (TPSA) is 59.8 Å². The summed E-state index contributed by atoms with van der Waals surface area (Å²) in [6.07, 6.45) is 1.92. The molecular formula is C16H18F3N3O2. The lowest BCUT2D eigenvalue weighted by Gasteiger charge is -2.72. The van der Waals surface area contributed by atoms with Crippen LogP contribution in [0.25, 0.3) is 0 Å². The van der Waals surface area contributed by atoms with Gasteiger partial charge in [0.15, 0.2) is 0 Å². The first-order chi connectivity index (χ1) is 11.3. The number of rotatable bonds is 4. The smallest absolute Gasteiger partial charge is 0.406 e. The van der Waals surface area contributed by atoms with Crippen molar-refractivity contribution in [3.05, 3.63) is 30.6 Å². The van der Waals surface area contributed by atoms with Crippen molar-refractivity contribution in [3.63, 3.8) is 0 Å². The van der Waals surface area contributed by atoms with Crippen molar-refractivity contribution >= 4 is 11.4 Å². The van der Waals surface area contributed by atoms with Crippen molar-refractivity contribution in [2.45, 2.75) is 37.4 Å². The van der Waals surface area contributed by atoms with Crippen LogP contribution in [0, 0.1) is 5.41 Å². The lowest BCUT2D eigenvalue weighted by atomic mass is 9.39. The highest BCUT2D eigenvalue weighted by atomic mass is 19.4. The lowest BCUT2D eigenvalue weighted by molar-refractivity contribution is -0.283. The Kier molecular flexibility index (Phi) is 3.04. The van der Waals surface area contributed by atoms with Gasteiger partial charge in [0.2, 0.25) is 0 Å². The zero-order chi connectivity index (χ0) is 17.2. The minimum Gasteiger partial charge on any atom is -0.406 e. The molecule has 1 aromatic rings. The van der Waals surface area contributed by atoms with E-state index >= 15 is 0 Å². The zero-order valence-electron chi connectivity index (χ0n) is 13.1. The molecule has 3 saturated carbocycles. The average Bonchev–Trinajstić information content (AvgIpc) is 2.83. The SMILES string of the molecule is COC12CC(C3NC=CN3c3ccc(OC(F)(F)F)cc3N)(C1)C2. The predicted molar refractivity (Wildman–Crippen MR) is 82.1 cm³/mol. The van der Waals surface area contributed by atoms with E-state index in [0.717, 1.165) is 19.3 Å². The fourth-order valence-corrected chi connectivity index (χ4v) is 4.31. The van der Waals surface area contributed by atoms with Crippen LogP contribution in [0.3, 0.4) is 0 Å². The van der Waals surface area contributed by atoms with Crippen LogP contribution in [0.4, 0.5) is 24.5 Å². The second-order valence-electron chi connectivity index (χ2n) is 6.84. The van der Waals surface area contributed by atoms with Crippen LogP contribution in [0.5, 0.6) is 5.75 Å². The summed E-state index contributed by atoms with van der Waals surface area (Å²) in [7, 11) is 1.73. The molecule has 3 N–H and O–H groups in total. The Morgan fingerprint density at radius 1 is 1.29 bits per heavy atom. The summed E-state index contributed by atoms with van der Waals surface area (Å²) in [5, 5.41) is 3.33. The van der Waals surface area contributed by atoms with Gasteiger partial charge in [-0.05, 0) is 31.4 Å². The zero-order valence-corrected chi connectivity index (χ0v) is 13.1. The molecule has 1 unspecified atom stereocenters. The summed E-state index contributed by atoms with van der Waals surface area (Å²) in [5.41, 5.74) is 7.01. The number of methoxy groups -OCH3 is 1. The number of anilines is 2. The Labute approximate surface area is 137 Å². The Morgan fingerprint density at radius 2 is 2.00 bits per heavy atom. The number of nitrogens with zero attached hydrogens (tertiary/aromatic N) is 1. The number of ether oxygens (including phenoxy) is 2. The van der Waals surface area contributed by atoms with Gasteiger partial charge in [-0.3, -0.25) is 0 Å². The van der Waals surface area contributed by atoms with Crippen LogP contribution < -0.4 is 20.7 Å². The molecule has 3 aliphatic carbocycles. The number of benzene rings is 1. The molecule has 130 valence electrons. The van der Waals surface area contributed by atoms with Crippen molar-refractivity contribution in [2.75, 3.05) is 17.7 Å². The van der Waals surface area contributed by atoms with Crippen LogP contribution in [0.2, 0.25) is 0 Å². The summed E-state index contributed by atoms with van der Waals surface area (Å²) in [5.74, 6) is -0.319. The predicted octanol–water partition coefficient (Wildman–Crippen LogP) is 2.94. The highest BCUT2D eigenvalue weighted by Gasteiger charge is 2.72. The fourth-order valence-electron chi connectivity index (χ4n) is 4.31. The Hall–Kier alpha value is -2.09. The van der Waals surface area contributed by atoms with Gasteiger partial charge in [-0.15, -0.1) is 13.2 Å². The third-order valence-electron chi connectivity index (χ3n) is 5.31. The van der Waals surface area contributed by atoms with E-state index in [1.165, 1.54) is 12.1 Å². The van der Waals surface area contributed by atoms with Gasteiger partial charge in [0.25, 0.3) is 0 Å². The molecule has 4 aliphatic rings. The third kappa shape index (κ3) is 2.20. The van der Waals surface area contributed by atoms with Crippen molar-refractivity contribution in [2.24, 2.45) is 5.41 Å². The molecule has 5 rings (SSSR count). The average molecular weight is 341 g/mol. The summed E-state index contributed by atoms with van der Waals surface area (Å²) in [6, 6.07) is 4.03. The van der Waals surface area contributed by atoms with Gasteiger partial charge in [-0.2, -0.15) is 0 Å². The number of hydrogen-bond donors (Lipinski definition) is 2. The van der Waals surface area contributed by atoms with E-state index < -0.39 is 6.36 Å². The molecule has 2 bridgehead atoms. The van der Waals surface area contributed by atoms with Gasteiger partial charge in [-0.25, -0.2) is 0 Å². The molecule has 8 heteroatoms. The van der Waals surface area contributed by atoms with Gasteiger partial charge in [0.1, 0.15) is 11.9 Å². The largest absolute Gasteiger partial charge is 0.573 e. The standard InChI is InChI=1S/C16H18F3N3O2/c1-23-15-7-14(8-15,9-15)13-21-4-5-22(13)12-3-2-10(6-11(12)20)24-16(17,18)19/h2-6,13,21H,7-9,20H2,1H3. The Morgan fingerprint density at radius 3 is 2.58 bits per heavy atom. The highest BCUT2D eigenvalue weighted by molar-refractivity contribution is 5.72. The normalized spacial score (nSPS) is 33.7. The highest BCUT2D eigenvalue weighted by Crippen LogP contribution is 2.71. The van der Waals surface area contributed by atoms with Crippen LogP contribution in [0.15, 0.2) is 30.6 Å². The molecule has 0 saturated heterocycles. The minimum atomic E-state index is -4.73. The van der Waals surface area contributed by atoms with Crippen molar-refractivity contribution in [1.82, 2.24) is 5.32 Å². The second kappa shape index (κ2) is 4.72. The van der Waals surface area contributed by atoms with E-state index in [4.69, 9.17) is 10.5 Å². The molecule has 0 amide bonds. The van der Waals surface area contributed by atoms with Gasteiger partial charge in [0, 0.05) is 31.0 Å². The first kappa shape index (κ1) is 15.4. The van der Waals surface area contributed by atoms with Crippen LogP contribution >= 0.6 is 0 Å². The van der Waals surface area contributed by atoms with Gasteiger partial charge >= 0.3 is 6.36 Å². The number of nitrogen functional groups attached to an aromatic ring is 1. The van der Waals surface area contributed by atoms with Gasteiger partial charge in [-0.1, -0.05) is 0 Å². The number of hydrogen-bond acceptors (Lipinski definition) is 5. The first-order valence-corrected chi connectivity index (χ1v) is 7.67. The monoisotopic (exact) mass is 341 g/mol. The molecule has 0 radical (unpaired) electrons. The van der Waals surface area contributed by atoms with E-state index in [0.29, 0.717) is 5.69 Å². The maximum Gasteiger partial charge on any atom is 0.573 e. The summed E-state index contributed by atoms with van der Waals surface area (Å²) < 4.78 is 46.4. The van der Waals surface area contributed by atoms with E-state index in [2.05, 4.69) is 10.1 Å². The minimum absolute atomic E-state index is 0.0197. The maximum atomic E-state index is 12.3. The molecule has 1 heterocycles.